The lowest BCUT2D eigenvalue weighted by Gasteiger charge is -2.31. The molecule has 0 fully saturated rings. The lowest BCUT2D eigenvalue weighted by Crippen LogP contribution is -2.40. The van der Waals surface area contributed by atoms with Crippen molar-refractivity contribution < 1.29 is 4.79 Å². The van der Waals surface area contributed by atoms with E-state index in [4.69, 9.17) is 5.73 Å². The first kappa shape index (κ1) is 15.4. The summed E-state index contributed by atoms with van der Waals surface area (Å²) < 4.78 is 0. The van der Waals surface area contributed by atoms with Crippen LogP contribution in [0.15, 0.2) is 0 Å². The number of nitrogens with zero attached hydrogens (tertiary/aromatic N) is 1. The highest BCUT2D eigenvalue weighted by Gasteiger charge is 2.29. The van der Waals surface area contributed by atoms with Gasteiger partial charge in [0, 0.05) is 19.0 Å². The van der Waals surface area contributed by atoms with Gasteiger partial charge in [0.1, 0.15) is 0 Å². The van der Waals surface area contributed by atoms with Crippen molar-refractivity contribution in [1.82, 2.24) is 4.90 Å². The van der Waals surface area contributed by atoms with Crippen molar-refractivity contribution in [2.24, 2.45) is 16.6 Å². The Balaban J connectivity index is 4.28. The molecule has 96 valence electrons. The predicted octanol–water partition coefficient (Wildman–Crippen LogP) is 2.26. The van der Waals surface area contributed by atoms with Gasteiger partial charge in [0.2, 0.25) is 5.91 Å². The van der Waals surface area contributed by atoms with Crippen molar-refractivity contribution in [3.63, 3.8) is 0 Å². The molecular weight excluding hydrogens is 200 g/mol. The zero-order valence-electron chi connectivity index (χ0n) is 11.8. The van der Waals surface area contributed by atoms with Crippen LogP contribution in [0.25, 0.3) is 0 Å². The molecule has 1 amide bonds. The molecule has 0 heterocycles. The number of amides is 1. The third-order valence-corrected chi connectivity index (χ3v) is 2.89. The molecule has 0 rings (SSSR count). The highest BCUT2D eigenvalue weighted by atomic mass is 16.2. The molecule has 0 atom stereocenters. The second-order valence-corrected chi connectivity index (χ2v) is 6.46. The fourth-order valence-corrected chi connectivity index (χ4v) is 1.59. The van der Waals surface area contributed by atoms with Crippen LogP contribution in [0.5, 0.6) is 0 Å². The summed E-state index contributed by atoms with van der Waals surface area (Å²) in [5.74, 6) is 0.196. The third-order valence-electron chi connectivity index (χ3n) is 2.89. The fourth-order valence-electron chi connectivity index (χ4n) is 1.59. The smallest absolute Gasteiger partial charge is 0.228 e. The third kappa shape index (κ3) is 5.50. The Morgan fingerprint density at radius 3 is 2.00 bits per heavy atom. The van der Waals surface area contributed by atoms with E-state index in [9.17, 15) is 4.79 Å². The van der Waals surface area contributed by atoms with Gasteiger partial charge in [0.05, 0.1) is 0 Å². The summed E-state index contributed by atoms with van der Waals surface area (Å²) in [6.07, 6.45) is 1.76. The molecule has 0 aromatic heterocycles. The van der Waals surface area contributed by atoms with E-state index in [1.54, 1.807) is 0 Å². The average Bonchev–Trinajstić information content (AvgIpc) is 2.11. The van der Waals surface area contributed by atoms with Gasteiger partial charge < -0.3 is 10.6 Å². The minimum Gasteiger partial charge on any atom is -0.345 e. The van der Waals surface area contributed by atoms with Gasteiger partial charge in [-0.05, 0) is 24.8 Å². The average molecular weight is 228 g/mol. The van der Waals surface area contributed by atoms with Crippen LogP contribution in [0.2, 0.25) is 0 Å². The summed E-state index contributed by atoms with van der Waals surface area (Å²) in [4.78, 5) is 14.0. The van der Waals surface area contributed by atoms with Gasteiger partial charge in [-0.15, -0.1) is 0 Å². The van der Waals surface area contributed by atoms with Crippen molar-refractivity contribution in [3.8, 4) is 0 Å². The van der Waals surface area contributed by atoms with Crippen LogP contribution in [0.3, 0.4) is 0 Å². The van der Waals surface area contributed by atoms with Crippen molar-refractivity contribution in [3.05, 3.63) is 0 Å². The highest BCUT2D eigenvalue weighted by molar-refractivity contribution is 5.81. The molecule has 0 aromatic carbocycles. The van der Waals surface area contributed by atoms with Crippen LogP contribution < -0.4 is 5.73 Å². The highest BCUT2D eigenvalue weighted by Crippen LogP contribution is 2.24. The maximum Gasteiger partial charge on any atom is 0.228 e. The summed E-state index contributed by atoms with van der Waals surface area (Å²) in [6, 6.07) is 0. The van der Waals surface area contributed by atoms with Crippen molar-refractivity contribution in [1.29, 1.82) is 0 Å². The van der Waals surface area contributed by atoms with E-state index >= 15 is 0 Å². The maximum absolute atomic E-state index is 12.1. The monoisotopic (exact) mass is 228 g/mol. The van der Waals surface area contributed by atoms with Crippen LogP contribution in [0.1, 0.15) is 47.5 Å². The molecular formula is C13H28N2O. The zero-order valence-corrected chi connectivity index (χ0v) is 11.8. The lowest BCUT2D eigenvalue weighted by atomic mass is 9.87. The molecule has 0 saturated heterocycles. The Hall–Kier alpha value is -0.570. The van der Waals surface area contributed by atoms with Gasteiger partial charge in [-0.3, -0.25) is 4.79 Å². The lowest BCUT2D eigenvalue weighted by molar-refractivity contribution is -0.139. The molecule has 3 heteroatoms. The number of carbonyl (C=O) groups excluding carboxylic acids is 1. The Labute approximate surface area is 100 Å². The molecule has 16 heavy (non-hydrogen) atoms. The van der Waals surface area contributed by atoms with E-state index in [2.05, 4.69) is 20.8 Å². The van der Waals surface area contributed by atoms with Crippen molar-refractivity contribution >= 4 is 5.91 Å². The Bertz CT molecular complexity index is 229. The summed E-state index contributed by atoms with van der Waals surface area (Å²) in [5.41, 5.74) is 5.46. The molecule has 0 radical (unpaired) electrons. The fraction of sp³-hybridized carbons (Fsp3) is 0.923. The van der Waals surface area contributed by atoms with Gasteiger partial charge >= 0.3 is 0 Å². The van der Waals surface area contributed by atoms with Gasteiger partial charge in [-0.2, -0.15) is 0 Å². The van der Waals surface area contributed by atoms with Crippen LogP contribution in [-0.4, -0.2) is 30.9 Å². The van der Waals surface area contributed by atoms with Gasteiger partial charge in [0.15, 0.2) is 0 Å². The SMILES string of the molecule is CN(CCC(C)(C)C)C(=O)C(C)(C)CCN. The molecule has 0 spiro atoms. The second kappa shape index (κ2) is 5.67. The van der Waals surface area contributed by atoms with Crippen LogP contribution in [0.4, 0.5) is 0 Å². The Kier molecular flexibility index (Phi) is 5.47. The van der Waals surface area contributed by atoms with Crippen molar-refractivity contribution in [2.75, 3.05) is 20.1 Å². The van der Waals surface area contributed by atoms with E-state index < -0.39 is 0 Å². The molecule has 0 bridgehead atoms. The minimum atomic E-state index is -0.332. The van der Waals surface area contributed by atoms with E-state index in [0.29, 0.717) is 6.54 Å². The standard InChI is InChI=1S/C13H28N2O/c1-12(2,3)8-10-15(6)11(16)13(4,5)7-9-14/h7-10,14H2,1-6H3. The number of nitrogens with two attached hydrogens (primary N) is 1. The molecule has 3 nitrogen and oxygen atoms in total. The van der Waals surface area contributed by atoms with E-state index in [1.165, 1.54) is 0 Å². The zero-order chi connectivity index (χ0) is 13.0. The first-order chi connectivity index (χ1) is 7.10. The normalized spacial score (nSPS) is 12.7. The number of hydrogen-bond donors (Lipinski definition) is 1. The summed E-state index contributed by atoms with van der Waals surface area (Å²) >= 11 is 0. The van der Waals surface area contributed by atoms with Gasteiger partial charge in [-0.25, -0.2) is 0 Å². The van der Waals surface area contributed by atoms with E-state index in [-0.39, 0.29) is 16.7 Å². The van der Waals surface area contributed by atoms with Gasteiger partial charge in [-0.1, -0.05) is 34.6 Å². The summed E-state index contributed by atoms with van der Waals surface area (Å²) in [6.45, 7) is 11.9. The molecule has 0 aliphatic rings. The van der Waals surface area contributed by atoms with Gasteiger partial charge in [0.25, 0.3) is 0 Å². The van der Waals surface area contributed by atoms with Crippen molar-refractivity contribution in [2.45, 2.75) is 47.5 Å². The van der Waals surface area contributed by atoms with Crippen LogP contribution in [-0.2, 0) is 4.79 Å². The Morgan fingerprint density at radius 2 is 1.62 bits per heavy atom. The maximum atomic E-state index is 12.1. The Morgan fingerprint density at radius 1 is 1.12 bits per heavy atom. The second-order valence-electron chi connectivity index (χ2n) is 6.46. The molecule has 0 aliphatic carbocycles. The molecule has 0 saturated carbocycles. The number of carbonyl (C=O) groups is 1. The molecule has 0 aromatic rings. The largest absolute Gasteiger partial charge is 0.345 e. The van der Waals surface area contributed by atoms with Crippen LogP contribution >= 0.6 is 0 Å². The molecule has 0 aliphatic heterocycles. The summed E-state index contributed by atoms with van der Waals surface area (Å²) in [7, 11) is 1.88. The first-order valence-corrected chi connectivity index (χ1v) is 6.06. The van der Waals surface area contributed by atoms with E-state index in [1.807, 2.05) is 25.8 Å². The van der Waals surface area contributed by atoms with Crippen LogP contribution in [0, 0.1) is 10.8 Å². The first-order valence-electron chi connectivity index (χ1n) is 6.06. The number of rotatable bonds is 5. The number of hydrogen-bond acceptors (Lipinski definition) is 2. The topological polar surface area (TPSA) is 46.3 Å². The minimum absolute atomic E-state index is 0.196. The van der Waals surface area contributed by atoms with E-state index in [0.717, 1.165) is 19.4 Å². The quantitative estimate of drug-likeness (QED) is 0.784. The summed E-state index contributed by atoms with van der Waals surface area (Å²) in [5, 5.41) is 0. The predicted molar refractivity (Wildman–Crippen MR) is 69.2 cm³/mol. The molecule has 2 N–H and O–H groups in total. The molecule has 0 unspecified atom stereocenters.